The van der Waals surface area contributed by atoms with Crippen LogP contribution in [0, 0.1) is 17.5 Å². The molecule has 4 rings (SSSR count). The average Bonchev–Trinajstić information content (AvgIpc) is 3.37. The Bertz CT molecular complexity index is 1450. The quantitative estimate of drug-likeness (QED) is 0.413. The second kappa shape index (κ2) is 12.0. The Morgan fingerprint density at radius 3 is 2.46 bits per heavy atom. The number of likely N-dealkylation sites (tertiary alicyclic amines) is 1. The number of carbonyl (C=O) groups excluding carboxylic acids is 3. The van der Waals surface area contributed by atoms with Crippen molar-refractivity contribution in [1.29, 1.82) is 0 Å². The molecule has 2 atom stereocenters. The molecule has 11 heteroatoms. The molecule has 41 heavy (non-hydrogen) atoms. The number of nitrogens with one attached hydrogen (secondary N) is 1. The number of nitrogens with two attached hydrogens (primary N) is 1. The molecule has 1 fully saturated rings. The number of rotatable bonds is 7. The molecule has 0 radical (unpaired) electrons. The SMILES string of the molecule is CC(C)(C)OC(=O)N1CCC[C@H]1C(=O)N[C@@H](Cc1cc(F)cc(F)c1)c1ncccc1-c1ccc(F)c(C(N)=O)c1. The van der Waals surface area contributed by atoms with Crippen LogP contribution in [0.15, 0.2) is 54.7 Å². The van der Waals surface area contributed by atoms with Crippen LogP contribution in [0.4, 0.5) is 18.0 Å². The highest BCUT2D eigenvalue weighted by atomic mass is 19.1. The number of halogens is 3. The van der Waals surface area contributed by atoms with E-state index in [0.717, 1.165) is 24.3 Å². The second-order valence-corrected chi connectivity index (χ2v) is 10.9. The Labute approximate surface area is 235 Å². The summed E-state index contributed by atoms with van der Waals surface area (Å²) >= 11 is 0. The van der Waals surface area contributed by atoms with Gasteiger partial charge in [0.15, 0.2) is 0 Å². The Balaban J connectivity index is 1.72. The fourth-order valence-electron chi connectivity index (χ4n) is 4.85. The van der Waals surface area contributed by atoms with Gasteiger partial charge in [-0.15, -0.1) is 0 Å². The third-order valence-corrected chi connectivity index (χ3v) is 6.57. The van der Waals surface area contributed by atoms with Gasteiger partial charge in [0.1, 0.15) is 29.1 Å². The van der Waals surface area contributed by atoms with Gasteiger partial charge in [0, 0.05) is 24.4 Å². The third-order valence-electron chi connectivity index (χ3n) is 6.57. The molecule has 0 spiro atoms. The lowest BCUT2D eigenvalue weighted by Crippen LogP contribution is -2.48. The summed E-state index contributed by atoms with van der Waals surface area (Å²) < 4.78 is 47.9. The van der Waals surface area contributed by atoms with Crippen LogP contribution in [-0.2, 0) is 16.0 Å². The minimum absolute atomic E-state index is 0.0620. The molecule has 3 N–H and O–H groups in total. The van der Waals surface area contributed by atoms with Crippen molar-refractivity contribution in [2.45, 2.75) is 57.7 Å². The molecule has 0 aliphatic carbocycles. The Kier molecular flexibility index (Phi) is 8.65. The van der Waals surface area contributed by atoms with Gasteiger partial charge in [0.05, 0.1) is 17.3 Å². The molecule has 3 aromatic rings. The zero-order valence-corrected chi connectivity index (χ0v) is 22.9. The fourth-order valence-corrected chi connectivity index (χ4v) is 4.85. The molecule has 0 unspecified atom stereocenters. The molecule has 8 nitrogen and oxygen atoms in total. The smallest absolute Gasteiger partial charge is 0.410 e. The van der Waals surface area contributed by atoms with Crippen molar-refractivity contribution in [3.8, 4) is 11.1 Å². The lowest BCUT2D eigenvalue weighted by molar-refractivity contribution is -0.126. The minimum Gasteiger partial charge on any atom is -0.444 e. The lowest BCUT2D eigenvalue weighted by atomic mass is 9.94. The van der Waals surface area contributed by atoms with E-state index in [1.165, 1.54) is 23.2 Å². The van der Waals surface area contributed by atoms with Gasteiger partial charge in [-0.25, -0.2) is 18.0 Å². The van der Waals surface area contributed by atoms with Crippen LogP contribution in [0.3, 0.4) is 0 Å². The van der Waals surface area contributed by atoms with Gasteiger partial charge in [-0.3, -0.25) is 19.5 Å². The topological polar surface area (TPSA) is 115 Å². The van der Waals surface area contributed by atoms with E-state index in [1.807, 2.05) is 0 Å². The molecule has 2 heterocycles. The first-order valence-electron chi connectivity index (χ1n) is 13.1. The first-order chi connectivity index (χ1) is 19.3. The number of nitrogens with zero attached hydrogens (tertiary/aromatic N) is 2. The van der Waals surface area contributed by atoms with Crippen LogP contribution in [-0.4, -0.2) is 46.0 Å². The predicted octanol–water partition coefficient (Wildman–Crippen LogP) is 5.06. The van der Waals surface area contributed by atoms with Gasteiger partial charge in [0.25, 0.3) is 5.91 Å². The first kappa shape index (κ1) is 29.6. The molecule has 0 saturated carbocycles. The third kappa shape index (κ3) is 7.22. The van der Waals surface area contributed by atoms with Crippen molar-refractivity contribution in [2.75, 3.05) is 6.54 Å². The van der Waals surface area contributed by atoms with Crippen LogP contribution >= 0.6 is 0 Å². The van der Waals surface area contributed by atoms with Gasteiger partial charge in [-0.2, -0.15) is 0 Å². The molecule has 1 aliphatic heterocycles. The monoisotopic (exact) mass is 568 g/mol. The molecule has 216 valence electrons. The van der Waals surface area contributed by atoms with Crippen LogP contribution in [0.25, 0.3) is 11.1 Å². The van der Waals surface area contributed by atoms with Crippen molar-refractivity contribution >= 4 is 17.9 Å². The Morgan fingerprint density at radius 1 is 1.10 bits per heavy atom. The average molecular weight is 569 g/mol. The summed E-state index contributed by atoms with van der Waals surface area (Å²) in [5, 5.41) is 2.91. The zero-order valence-electron chi connectivity index (χ0n) is 22.9. The number of hydrogen-bond acceptors (Lipinski definition) is 5. The van der Waals surface area contributed by atoms with E-state index in [9.17, 15) is 27.6 Å². The molecule has 0 bridgehead atoms. The molecular weight excluding hydrogens is 537 g/mol. The highest BCUT2D eigenvalue weighted by Gasteiger charge is 2.38. The Morgan fingerprint density at radius 2 is 1.80 bits per heavy atom. The van der Waals surface area contributed by atoms with E-state index < -0.39 is 53.0 Å². The van der Waals surface area contributed by atoms with E-state index in [0.29, 0.717) is 36.2 Å². The maximum absolute atomic E-state index is 14.2. The maximum atomic E-state index is 14.2. The highest BCUT2D eigenvalue weighted by molar-refractivity contribution is 5.94. The summed E-state index contributed by atoms with van der Waals surface area (Å²) in [5.74, 6) is -3.83. The molecule has 3 amide bonds. The van der Waals surface area contributed by atoms with Crippen LogP contribution in [0.1, 0.15) is 61.3 Å². The summed E-state index contributed by atoms with van der Waals surface area (Å²) in [6, 6.07) is 8.36. The van der Waals surface area contributed by atoms with Gasteiger partial charge >= 0.3 is 6.09 Å². The van der Waals surface area contributed by atoms with E-state index in [2.05, 4.69) is 10.3 Å². The minimum atomic E-state index is -0.960. The van der Waals surface area contributed by atoms with Crippen LogP contribution < -0.4 is 11.1 Å². The summed E-state index contributed by atoms with van der Waals surface area (Å²) in [4.78, 5) is 44.0. The van der Waals surface area contributed by atoms with Crippen LogP contribution in [0.2, 0.25) is 0 Å². The van der Waals surface area contributed by atoms with E-state index in [1.54, 1.807) is 32.9 Å². The van der Waals surface area contributed by atoms with Crippen molar-refractivity contribution in [3.63, 3.8) is 0 Å². The van der Waals surface area contributed by atoms with Gasteiger partial charge < -0.3 is 15.8 Å². The van der Waals surface area contributed by atoms with Crippen molar-refractivity contribution in [1.82, 2.24) is 15.2 Å². The molecule has 1 aromatic heterocycles. The lowest BCUT2D eigenvalue weighted by Gasteiger charge is -2.29. The number of benzene rings is 2. The highest BCUT2D eigenvalue weighted by Crippen LogP contribution is 2.31. The van der Waals surface area contributed by atoms with Crippen molar-refractivity contribution < 1.29 is 32.3 Å². The standard InChI is InChI=1S/C30H31F3N4O4/c1-30(2,3)41-29(40)37-11-5-7-25(37)28(39)36-24(14-17-12-19(31)16-20(32)13-17)26-21(6-4-10-35-26)18-8-9-23(33)22(15-18)27(34)38/h4,6,8-10,12-13,15-16,24-25H,5,7,11,14H2,1-3H3,(H2,34,38)(H,36,39)/t24-,25-/m0/s1. The maximum Gasteiger partial charge on any atom is 0.410 e. The number of aromatic nitrogens is 1. The number of pyridine rings is 1. The molecular formula is C30H31F3N4O4. The zero-order chi connectivity index (χ0) is 29.9. The molecule has 2 aromatic carbocycles. The second-order valence-electron chi connectivity index (χ2n) is 10.9. The summed E-state index contributed by atoms with van der Waals surface area (Å²) in [6.45, 7) is 5.51. The van der Waals surface area contributed by atoms with Crippen LogP contribution in [0.5, 0.6) is 0 Å². The molecule has 1 aliphatic rings. The van der Waals surface area contributed by atoms with E-state index >= 15 is 0 Å². The van der Waals surface area contributed by atoms with Gasteiger partial charge in [-0.05, 0) is 81.5 Å². The molecule has 1 saturated heterocycles. The normalized spacial score (nSPS) is 15.9. The summed E-state index contributed by atoms with van der Waals surface area (Å²) in [5.41, 5.74) is 5.63. The van der Waals surface area contributed by atoms with E-state index in [-0.39, 0.29) is 17.5 Å². The number of hydrogen-bond donors (Lipinski definition) is 2. The fraction of sp³-hybridized carbons (Fsp3) is 0.333. The first-order valence-corrected chi connectivity index (χ1v) is 13.1. The van der Waals surface area contributed by atoms with Crippen molar-refractivity contribution in [3.05, 3.63) is 89.0 Å². The van der Waals surface area contributed by atoms with Gasteiger partial charge in [0.2, 0.25) is 5.91 Å². The Hall–Kier alpha value is -4.41. The number of primary amides is 1. The predicted molar refractivity (Wildman–Crippen MR) is 145 cm³/mol. The van der Waals surface area contributed by atoms with Crippen molar-refractivity contribution in [2.24, 2.45) is 5.73 Å². The number of carbonyl (C=O) groups is 3. The number of ether oxygens (including phenoxy) is 1. The summed E-state index contributed by atoms with van der Waals surface area (Å²) in [6.07, 6.45) is 1.76. The summed E-state index contributed by atoms with van der Waals surface area (Å²) in [7, 11) is 0. The van der Waals surface area contributed by atoms with Gasteiger partial charge in [-0.1, -0.05) is 12.1 Å². The largest absolute Gasteiger partial charge is 0.444 e. The number of amides is 3. The van der Waals surface area contributed by atoms with E-state index in [4.69, 9.17) is 10.5 Å².